The Morgan fingerprint density at radius 1 is 1.38 bits per heavy atom. The molecule has 3 heteroatoms. The molecular formula is C10H18N2O. The molecule has 74 valence electrons. The molecule has 1 atom stereocenters. The third-order valence-electron chi connectivity index (χ3n) is 2.15. The Balaban J connectivity index is 4.46. The van der Waals surface area contributed by atoms with Crippen molar-refractivity contribution in [3.05, 3.63) is 0 Å². The third-order valence-corrected chi connectivity index (χ3v) is 2.15. The molecule has 0 aliphatic heterocycles. The maximum atomic E-state index is 11.7. The summed E-state index contributed by atoms with van der Waals surface area (Å²) in [6.45, 7) is 9.01. The van der Waals surface area contributed by atoms with Crippen LogP contribution in [0.15, 0.2) is 0 Å². The van der Waals surface area contributed by atoms with Crippen molar-refractivity contribution in [1.29, 1.82) is 5.26 Å². The van der Waals surface area contributed by atoms with E-state index in [-0.39, 0.29) is 11.8 Å². The fraction of sp³-hybridized carbons (Fsp3) is 0.800. The molecule has 0 aromatic rings. The summed E-state index contributed by atoms with van der Waals surface area (Å²) in [6.07, 6.45) is 0. The summed E-state index contributed by atoms with van der Waals surface area (Å²) in [7, 11) is 0. The summed E-state index contributed by atoms with van der Waals surface area (Å²) < 4.78 is 0. The number of nitriles is 1. The lowest BCUT2D eigenvalue weighted by atomic mass is 9.96. The second kappa shape index (κ2) is 5.58. The van der Waals surface area contributed by atoms with Gasteiger partial charge in [0.2, 0.25) is 5.91 Å². The van der Waals surface area contributed by atoms with Crippen LogP contribution in [-0.4, -0.2) is 23.9 Å². The maximum absolute atomic E-state index is 11.7. The Kier molecular flexibility index (Phi) is 5.13. The first-order valence-corrected chi connectivity index (χ1v) is 4.76. The molecule has 0 bridgehead atoms. The maximum Gasteiger partial charge on any atom is 0.240 e. The predicted octanol–water partition coefficient (Wildman–Crippen LogP) is 1.65. The van der Waals surface area contributed by atoms with Crippen molar-refractivity contribution in [1.82, 2.24) is 4.90 Å². The molecule has 3 nitrogen and oxygen atoms in total. The highest BCUT2D eigenvalue weighted by Crippen LogP contribution is 2.12. The van der Waals surface area contributed by atoms with Gasteiger partial charge in [-0.1, -0.05) is 13.8 Å². The summed E-state index contributed by atoms with van der Waals surface area (Å²) in [5, 5.41) is 8.81. The Morgan fingerprint density at radius 2 is 1.85 bits per heavy atom. The standard InChI is InChI=1S/C10H18N2O/c1-5-12(6-2)10(13)9(7-11)8(3)4/h8-9H,5-6H2,1-4H3. The monoisotopic (exact) mass is 182 g/mol. The van der Waals surface area contributed by atoms with E-state index in [1.165, 1.54) is 0 Å². The van der Waals surface area contributed by atoms with Crippen LogP contribution in [0.25, 0.3) is 0 Å². The van der Waals surface area contributed by atoms with Gasteiger partial charge in [0, 0.05) is 13.1 Å². The Labute approximate surface area is 80.3 Å². The van der Waals surface area contributed by atoms with Crippen LogP contribution in [0.5, 0.6) is 0 Å². The van der Waals surface area contributed by atoms with Crippen LogP contribution < -0.4 is 0 Å². The molecule has 0 spiro atoms. The van der Waals surface area contributed by atoms with Crippen molar-refractivity contribution in [2.24, 2.45) is 11.8 Å². The number of carbonyl (C=O) groups excluding carboxylic acids is 1. The quantitative estimate of drug-likeness (QED) is 0.663. The lowest BCUT2D eigenvalue weighted by Gasteiger charge is -2.23. The molecule has 1 unspecified atom stereocenters. The van der Waals surface area contributed by atoms with Gasteiger partial charge in [-0.25, -0.2) is 0 Å². The molecule has 0 saturated carbocycles. The molecule has 0 saturated heterocycles. The van der Waals surface area contributed by atoms with Gasteiger partial charge in [-0.05, 0) is 19.8 Å². The summed E-state index contributed by atoms with van der Waals surface area (Å²) in [6, 6.07) is 2.06. The number of hydrogen-bond acceptors (Lipinski definition) is 2. The first kappa shape index (κ1) is 12.0. The fourth-order valence-corrected chi connectivity index (χ4v) is 1.22. The summed E-state index contributed by atoms with van der Waals surface area (Å²) in [5.74, 6) is -0.430. The number of nitrogens with zero attached hydrogens (tertiary/aromatic N) is 2. The van der Waals surface area contributed by atoms with Crippen LogP contribution >= 0.6 is 0 Å². The lowest BCUT2D eigenvalue weighted by molar-refractivity contribution is -0.134. The van der Waals surface area contributed by atoms with Crippen LogP contribution in [0.4, 0.5) is 0 Å². The highest BCUT2D eigenvalue weighted by Gasteiger charge is 2.24. The van der Waals surface area contributed by atoms with E-state index in [1.807, 2.05) is 27.7 Å². The SMILES string of the molecule is CCN(CC)C(=O)C(C#N)C(C)C. The van der Waals surface area contributed by atoms with Gasteiger partial charge in [0.1, 0.15) is 5.92 Å². The zero-order chi connectivity index (χ0) is 10.4. The topological polar surface area (TPSA) is 44.1 Å². The van der Waals surface area contributed by atoms with E-state index in [2.05, 4.69) is 6.07 Å². The van der Waals surface area contributed by atoms with Gasteiger partial charge in [0.25, 0.3) is 0 Å². The van der Waals surface area contributed by atoms with E-state index >= 15 is 0 Å². The minimum Gasteiger partial charge on any atom is -0.342 e. The summed E-state index contributed by atoms with van der Waals surface area (Å²) >= 11 is 0. The first-order valence-electron chi connectivity index (χ1n) is 4.76. The smallest absolute Gasteiger partial charge is 0.240 e. The molecule has 0 rings (SSSR count). The van der Waals surface area contributed by atoms with Gasteiger partial charge >= 0.3 is 0 Å². The molecular weight excluding hydrogens is 164 g/mol. The van der Waals surface area contributed by atoms with Crippen molar-refractivity contribution >= 4 is 5.91 Å². The normalized spacial score (nSPS) is 12.3. The zero-order valence-electron chi connectivity index (χ0n) is 8.87. The molecule has 0 N–H and O–H groups in total. The molecule has 1 amide bonds. The Morgan fingerprint density at radius 3 is 2.08 bits per heavy atom. The lowest BCUT2D eigenvalue weighted by Crippen LogP contribution is -2.37. The van der Waals surface area contributed by atoms with Crippen molar-refractivity contribution in [2.75, 3.05) is 13.1 Å². The summed E-state index contributed by atoms with van der Waals surface area (Å²) in [4.78, 5) is 13.4. The average Bonchev–Trinajstić information content (AvgIpc) is 2.07. The highest BCUT2D eigenvalue weighted by molar-refractivity contribution is 5.81. The van der Waals surface area contributed by atoms with Crippen LogP contribution in [-0.2, 0) is 4.79 Å². The second-order valence-electron chi connectivity index (χ2n) is 3.36. The predicted molar refractivity (Wildman–Crippen MR) is 51.9 cm³/mol. The molecule has 0 heterocycles. The van der Waals surface area contributed by atoms with Crippen LogP contribution in [0.2, 0.25) is 0 Å². The molecule has 0 aromatic heterocycles. The zero-order valence-corrected chi connectivity index (χ0v) is 8.87. The van der Waals surface area contributed by atoms with E-state index in [0.29, 0.717) is 13.1 Å². The van der Waals surface area contributed by atoms with Crippen LogP contribution in [0.1, 0.15) is 27.7 Å². The van der Waals surface area contributed by atoms with Crippen LogP contribution in [0, 0.1) is 23.2 Å². The number of hydrogen-bond donors (Lipinski definition) is 0. The van der Waals surface area contributed by atoms with E-state index in [4.69, 9.17) is 5.26 Å². The van der Waals surface area contributed by atoms with Gasteiger partial charge in [0.15, 0.2) is 0 Å². The van der Waals surface area contributed by atoms with Gasteiger partial charge in [-0.2, -0.15) is 5.26 Å². The van der Waals surface area contributed by atoms with Gasteiger partial charge in [-0.3, -0.25) is 4.79 Å². The second-order valence-corrected chi connectivity index (χ2v) is 3.36. The van der Waals surface area contributed by atoms with Crippen molar-refractivity contribution < 1.29 is 4.79 Å². The van der Waals surface area contributed by atoms with Crippen molar-refractivity contribution in [3.63, 3.8) is 0 Å². The number of carbonyl (C=O) groups is 1. The largest absolute Gasteiger partial charge is 0.342 e. The minimum absolute atomic E-state index is 0.0394. The Hall–Kier alpha value is -1.04. The molecule has 0 aromatic carbocycles. The van der Waals surface area contributed by atoms with Gasteiger partial charge in [0.05, 0.1) is 6.07 Å². The minimum atomic E-state index is -0.486. The van der Waals surface area contributed by atoms with E-state index < -0.39 is 5.92 Å². The molecule has 0 aliphatic rings. The van der Waals surface area contributed by atoms with Gasteiger partial charge in [-0.15, -0.1) is 0 Å². The van der Waals surface area contributed by atoms with Crippen LogP contribution in [0.3, 0.4) is 0 Å². The molecule has 0 aliphatic carbocycles. The third kappa shape index (κ3) is 3.06. The van der Waals surface area contributed by atoms with Gasteiger partial charge < -0.3 is 4.90 Å². The molecule has 13 heavy (non-hydrogen) atoms. The average molecular weight is 182 g/mol. The van der Waals surface area contributed by atoms with E-state index in [0.717, 1.165) is 0 Å². The van der Waals surface area contributed by atoms with Crippen molar-refractivity contribution in [2.45, 2.75) is 27.7 Å². The number of amides is 1. The summed E-state index contributed by atoms with van der Waals surface area (Å²) in [5.41, 5.74) is 0. The first-order chi connectivity index (χ1) is 6.08. The number of rotatable bonds is 4. The van der Waals surface area contributed by atoms with Crippen molar-refractivity contribution in [3.8, 4) is 6.07 Å². The Bertz CT molecular complexity index is 201. The van der Waals surface area contributed by atoms with E-state index in [9.17, 15) is 4.79 Å². The van der Waals surface area contributed by atoms with E-state index in [1.54, 1.807) is 4.90 Å². The molecule has 0 fully saturated rings. The fourth-order valence-electron chi connectivity index (χ4n) is 1.22. The molecule has 0 radical (unpaired) electrons. The highest BCUT2D eigenvalue weighted by atomic mass is 16.2.